The molecule has 1 N–H and O–H groups in total. The SMILES string of the molecule is COCCCn1ccnc1NC(C)CS(C)=O. The molecule has 0 saturated heterocycles. The third kappa shape index (κ3) is 5.32. The molecule has 1 heterocycles. The molecule has 6 heteroatoms. The molecule has 0 fully saturated rings. The van der Waals surface area contributed by atoms with Crippen LogP contribution in [0.15, 0.2) is 12.4 Å². The molecule has 0 bridgehead atoms. The highest BCUT2D eigenvalue weighted by atomic mass is 32.2. The number of anilines is 1. The number of aryl methyl sites for hydroxylation is 1. The Morgan fingerprint density at radius 1 is 1.65 bits per heavy atom. The second kappa shape index (κ2) is 7.45. The minimum Gasteiger partial charge on any atom is -0.385 e. The largest absolute Gasteiger partial charge is 0.385 e. The molecule has 0 aliphatic carbocycles. The lowest BCUT2D eigenvalue weighted by Gasteiger charge is -2.14. The fraction of sp³-hybridized carbons (Fsp3) is 0.727. The Morgan fingerprint density at radius 2 is 2.41 bits per heavy atom. The van der Waals surface area contributed by atoms with E-state index in [1.165, 1.54) is 0 Å². The predicted molar refractivity (Wildman–Crippen MR) is 70.7 cm³/mol. The standard InChI is InChI=1S/C11H21N3O2S/c1-10(9-17(3)15)13-11-12-5-7-14(11)6-4-8-16-2/h5,7,10H,4,6,8-9H2,1-3H3,(H,12,13). The van der Waals surface area contributed by atoms with E-state index in [-0.39, 0.29) is 6.04 Å². The quantitative estimate of drug-likeness (QED) is 0.710. The van der Waals surface area contributed by atoms with Crippen LogP contribution in [0.3, 0.4) is 0 Å². The van der Waals surface area contributed by atoms with Crippen LogP contribution < -0.4 is 5.32 Å². The maximum absolute atomic E-state index is 11.1. The molecule has 1 aromatic heterocycles. The molecule has 0 spiro atoms. The first-order valence-corrected chi connectivity index (χ1v) is 7.43. The summed E-state index contributed by atoms with van der Waals surface area (Å²) in [4.78, 5) is 4.25. The van der Waals surface area contributed by atoms with Crippen molar-refractivity contribution in [3.8, 4) is 0 Å². The van der Waals surface area contributed by atoms with Crippen molar-refractivity contribution in [3.63, 3.8) is 0 Å². The van der Waals surface area contributed by atoms with E-state index >= 15 is 0 Å². The van der Waals surface area contributed by atoms with Crippen molar-refractivity contribution < 1.29 is 8.95 Å². The summed E-state index contributed by atoms with van der Waals surface area (Å²) in [5.41, 5.74) is 0. The van der Waals surface area contributed by atoms with Gasteiger partial charge in [0.2, 0.25) is 5.95 Å². The Labute approximate surface area is 105 Å². The topological polar surface area (TPSA) is 56.1 Å². The molecule has 0 aliphatic heterocycles. The minimum atomic E-state index is -0.790. The minimum absolute atomic E-state index is 0.157. The Morgan fingerprint density at radius 3 is 3.06 bits per heavy atom. The van der Waals surface area contributed by atoms with Crippen molar-refractivity contribution in [2.75, 3.05) is 31.0 Å². The fourth-order valence-corrected chi connectivity index (χ4v) is 2.41. The van der Waals surface area contributed by atoms with E-state index in [2.05, 4.69) is 10.3 Å². The molecule has 98 valence electrons. The summed E-state index contributed by atoms with van der Waals surface area (Å²) in [5.74, 6) is 1.46. The van der Waals surface area contributed by atoms with E-state index < -0.39 is 10.8 Å². The molecule has 0 radical (unpaired) electrons. The highest BCUT2D eigenvalue weighted by molar-refractivity contribution is 7.84. The van der Waals surface area contributed by atoms with Crippen molar-refractivity contribution in [2.24, 2.45) is 0 Å². The van der Waals surface area contributed by atoms with Crippen LogP contribution in [0.25, 0.3) is 0 Å². The van der Waals surface area contributed by atoms with E-state index in [1.807, 2.05) is 17.7 Å². The Bertz CT molecular complexity index is 354. The molecule has 1 aromatic rings. The van der Waals surface area contributed by atoms with Crippen LogP contribution in [0, 0.1) is 0 Å². The third-order valence-electron chi connectivity index (χ3n) is 2.32. The maximum Gasteiger partial charge on any atom is 0.203 e. The van der Waals surface area contributed by atoms with E-state index in [0.717, 1.165) is 25.5 Å². The van der Waals surface area contributed by atoms with Crippen LogP contribution in [-0.2, 0) is 22.1 Å². The zero-order chi connectivity index (χ0) is 12.7. The molecule has 0 aliphatic rings. The van der Waals surface area contributed by atoms with Gasteiger partial charge in [0.1, 0.15) is 0 Å². The van der Waals surface area contributed by atoms with Crippen LogP contribution in [0.4, 0.5) is 5.95 Å². The average Bonchev–Trinajstić information content (AvgIpc) is 2.65. The zero-order valence-corrected chi connectivity index (χ0v) is 11.5. The van der Waals surface area contributed by atoms with Gasteiger partial charge < -0.3 is 14.6 Å². The first kappa shape index (κ1) is 14.2. The van der Waals surface area contributed by atoms with Crippen LogP contribution >= 0.6 is 0 Å². The van der Waals surface area contributed by atoms with E-state index in [9.17, 15) is 4.21 Å². The molecule has 0 amide bonds. The van der Waals surface area contributed by atoms with Crippen LogP contribution in [0.2, 0.25) is 0 Å². The van der Waals surface area contributed by atoms with Gasteiger partial charge in [-0.2, -0.15) is 0 Å². The molecule has 2 atom stereocenters. The monoisotopic (exact) mass is 259 g/mol. The Kier molecular flexibility index (Phi) is 6.21. The van der Waals surface area contributed by atoms with E-state index in [1.54, 1.807) is 19.6 Å². The summed E-state index contributed by atoms with van der Waals surface area (Å²) in [5, 5.41) is 3.27. The normalized spacial score (nSPS) is 14.5. The second-order valence-corrected chi connectivity index (χ2v) is 5.56. The van der Waals surface area contributed by atoms with Gasteiger partial charge in [0.15, 0.2) is 0 Å². The van der Waals surface area contributed by atoms with Crippen LogP contribution in [0.5, 0.6) is 0 Å². The molecule has 2 unspecified atom stereocenters. The van der Waals surface area contributed by atoms with Crippen LogP contribution in [0.1, 0.15) is 13.3 Å². The number of hydrogen-bond acceptors (Lipinski definition) is 4. The maximum atomic E-state index is 11.1. The Hall–Kier alpha value is -0.880. The number of nitrogens with one attached hydrogen (secondary N) is 1. The van der Waals surface area contributed by atoms with Gasteiger partial charge >= 0.3 is 0 Å². The lowest BCUT2D eigenvalue weighted by molar-refractivity contribution is 0.190. The summed E-state index contributed by atoms with van der Waals surface area (Å²) >= 11 is 0. The highest BCUT2D eigenvalue weighted by Crippen LogP contribution is 2.07. The van der Waals surface area contributed by atoms with Gasteiger partial charge in [0.25, 0.3) is 0 Å². The fourth-order valence-electron chi connectivity index (χ4n) is 1.62. The highest BCUT2D eigenvalue weighted by Gasteiger charge is 2.08. The number of nitrogens with zero attached hydrogens (tertiary/aromatic N) is 2. The van der Waals surface area contributed by atoms with Gasteiger partial charge in [-0.25, -0.2) is 4.98 Å². The van der Waals surface area contributed by atoms with Crippen molar-refractivity contribution in [2.45, 2.75) is 25.9 Å². The summed E-state index contributed by atoms with van der Waals surface area (Å²) in [7, 11) is 0.910. The molecule has 1 rings (SSSR count). The van der Waals surface area contributed by atoms with Gasteiger partial charge in [0, 0.05) is 61.5 Å². The third-order valence-corrected chi connectivity index (χ3v) is 3.29. The van der Waals surface area contributed by atoms with E-state index in [4.69, 9.17) is 4.74 Å². The molecule has 0 saturated carbocycles. The van der Waals surface area contributed by atoms with Crippen molar-refractivity contribution >= 4 is 16.7 Å². The van der Waals surface area contributed by atoms with E-state index in [0.29, 0.717) is 5.75 Å². The lowest BCUT2D eigenvalue weighted by Crippen LogP contribution is -2.24. The number of ether oxygens (including phenoxy) is 1. The molecule has 5 nitrogen and oxygen atoms in total. The smallest absolute Gasteiger partial charge is 0.203 e. The number of aromatic nitrogens is 2. The summed E-state index contributed by atoms with van der Waals surface area (Å²) in [6.45, 7) is 3.62. The summed E-state index contributed by atoms with van der Waals surface area (Å²) in [6, 6.07) is 0.157. The summed E-state index contributed by atoms with van der Waals surface area (Å²) < 4.78 is 18.2. The number of methoxy groups -OCH3 is 1. The van der Waals surface area contributed by atoms with Crippen molar-refractivity contribution in [3.05, 3.63) is 12.4 Å². The Balaban J connectivity index is 2.47. The van der Waals surface area contributed by atoms with Gasteiger partial charge in [-0.1, -0.05) is 0 Å². The predicted octanol–water partition coefficient (Wildman–Crippen LogP) is 1.10. The summed E-state index contributed by atoms with van der Waals surface area (Å²) in [6.07, 6.45) is 6.37. The van der Waals surface area contributed by atoms with Gasteiger partial charge in [-0.05, 0) is 13.3 Å². The lowest BCUT2D eigenvalue weighted by atomic mass is 10.4. The first-order valence-electron chi connectivity index (χ1n) is 5.70. The van der Waals surface area contributed by atoms with Gasteiger partial charge in [0.05, 0.1) is 0 Å². The second-order valence-electron chi connectivity index (χ2n) is 4.08. The molecular weight excluding hydrogens is 238 g/mol. The van der Waals surface area contributed by atoms with Gasteiger partial charge in [-0.3, -0.25) is 4.21 Å². The van der Waals surface area contributed by atoms with Gasteiger partial charge in [-0.15, -0.1) is 0 Å². The van der Waals surface area contributed by atoms with Crippen molar-refractivity contribution in [1.29, 1.82) is 0 Å². The number of rotatable bonds is 8. The molecular formula is C11H21N3O2S. The first-order chi connectivity index (χ1) is 8.13. The zero-order valence-electron chi connectivity index (χ0n) is 10.7. The average molecular weight is 259 g/mol. The van der Waals surface area contributed by atoms with Crippen molar-refractivity contribution in [1.82, 2.24) is 9.55 Å². The number of imidazole rings is 1. The molecule has 17 heavy (non-hydrogen) atoms. The van der Waals surface area contributed by atoms with Crippen LogP contribution in [-0.4, -0.2) is 45.5 Å². The number of hydrogen-bond donors (Lipinski definition) is 1. The molecule has 0 aromatic carbocycles.